The summed E-state index contributed by atoms with van der Waals surface area (Å²) >= 11 is 10.2. The standard InChI is InChI=1S/C8H5Br3N4O/c9-3-1-4(10)6(5(11)2-3)13-8-15-14-7(12)16-8/h1-2H,(H2,12,14)(H,13,15). The summed E-state index contributed by atoms with van der Waals surface area (Å²) in [5.74, 6) is 0. The quantitative estimate of drug-likeness (QED) is 0.786. The van der Waals surface area contributed by atoms with Gasteiger partial charge in [-0.15, -0.1) is 0 Å². The van der Waals surface area contributed by atoms with Gasteiger partial charge in [0.2, 0.25) is 0 Å². The lowest BCUT2D eigenvalue weighted by atomic mass is 10.3. The molecule has 0 saturated carbocycles. The Morgan fingerprint density at radius 1 is 1.12 bits per heavy atom. The third kappa shape index (κ3) is 2.55. The molecule has 0 radical (unpaired) electrons. The maximum Gasteiger partial charge on any atom is 0.321 e. The van der Waals surface area contributed by atoms with E-state index in [2.05, 4.69) is 63.3 Å². The van der Waals surface area contributed by atoms with Crippen molar-refractivity contribution in [3.05, 3.63) is 25.6 Å². The number of hydrogen-bond acceptors (Lipinski definition) is 5. The molecule has 1 aromatic heterocycles. The van der Waals surface area contributed by atoms with Crippen LogP contribution in [-0.4, -0.2) is 10.2 Å². The summed E-state index contributed by atoms with van der Waals surface area (Å²) < 4.78 is 7.67. The van der Waals surface area contributed by atoms with Gasteiger partial charge in [0, 0.05) is 13.4 Å². The van der Waals surface area contributed by atoms with Gasteiger partial charge in [0.05, 0.1) is 5.69 Å². The van der Waals surface area contributed by atoms with Crippen LogP contribution in [0.15, 0.2) is 30.0 Å². The fourth-order valence-corrected chi connectivity index (χ4v) is 3.51. The molecule has 84 valence electrons. The number of hydrogen-bond donors (Lipinski definition) is 2. The summed E-state index contributed by atoms with van der Waals surface area (Å²) in [6.07, 6.45) is 0. The third-order valence-corrected chi connectivity index (χ3v) is 3.39. The van der Waals surface area contributed by atoms with Gasteiger partial charge in [-0.3, -0.25) is 0 Å². The van der Waals surface area contributed by atoms with Crippen molar-refractivity contribution < 1.29 is 4.42 Å². The van der Waals surface area contributed by atoms with Crippen LogP contribution in [0.2, 0.25) is 0 Å². The van der Waals surface area contributed by atoms with Crippen LogP contribution in [0.3, 0.4) is 0 Å². The number of benzene rings is 1. The number of nitrogens with one attached hydrogen (secondary N) is 1. The maximum absolute atomic E-state index is 5.32. The van der Waals surface area contributed by atoms with Crippen LogP contribution < -0.4 is 11.1 Å². The van der Waals surface area contributed by atoms with Crippen LogP contribution in [0.1, 0.15) is 0 Å². The zero-order valence-corrected chi connectivity index (χ0v) is 12.4. The van der Waals surface area contributed by atoms with Gasteiger partial charge in [0.1, 0.15) is 0 Å². The monoisotopic (exact) mass is 410 g/mol. The number of nitrogens with two attached hydrogens (primary N) is 1. The number of nitrogens with zero attached hydrogens (tertiary/aromatic N) is 2. The summed E-state index contributed by atoms with van der Waals surface area (Å²) in [6.45, 7) is 0. The van der Waals surface area contributed by atoms with Crippen molar-refractivity contribution in [2.45, 2.75) is 0 Å². The maximum atomic E-state index is 5.32. The second kappa shape index (κ2) is 4.72. The minimum atomic E-state index is 0.0202. The van der Waals surface area contributed by atoms with Gasteiger partial charge in [0.25, 0.3) is 0 Å². The molecular weight excluding hydrogens is 408 g/mol. The van der Waals surface area contributed by atoms with E-state index in [4.69, 9.17) is 10.2 Å². The van der Waals surface area contributed by atoms with Crippen molar-refractivity contribution in [2.24, 2.45) is 0 Å². The van der Waals surface area contributed by atoms with Gasteiger partial charge in [-0.05, 0) is 44.0 Å². The summed E-state index contributed by atoms with van der Waals surface area (Å²) in [5, 5.41) is 10.2. The van der Waals surface area contributed by atoms with Gasteiger partial charge < -0.3 is 15.5 Å². The first-order chi connectivity index (χ1) is 7.56. The molecule has 3 N–H and O–H groups in total. The molecule has 0 amide bonds. The largest absolute Gasteiger partial charge is 0.389 e. The molecule has 0 aliphatic rings. The first kappa shape index (κ1) is 11.9. The second-order valence-electron chi connectivity index (χ2n) is 2.81. The summed E-state index contributed by atoms with van der Waals surface area (Å²) in [4.78, 5) is 0. The van der Waals surface area contributed by atoms with E-state index in [1.165, 1.54) is 0 Å². The zero-order chi connectivity index (χ0) is 11.7. The van der Waals surface area contributed by atoms with Crippen molar-refractivity contribution in [1.29, 1.82) is 0 Å². The van der Waals surface area contributed by atoms with Gasteiger partial charge in [-0.1, -0.05) is 26.1 Å². The molecule has 8 heteroatoms. The number of anilines is 3. The fourth-order valence-electron chi connectivity index (χ4n) is 1.05. The highest BCUT2D eigenvalue weighted by Crippen LogP contribution is 2.35. The van der Waals surface area contributed by atoms with E-state index in [-0.39, 0.29) is 12.0 Å². The molecule has 5 nitrogen and oxygen atoms in total. The van der Waals surface area contributed by atoms with Crippen molar-refractivity contribution >= 4 is 65.5 Å². The first-order valence-corrected chi connectivity index (χ1v) is 6.44. The Bertz CT molecular complexity index is 505. The molecule has 2 aromatic rings. The SMILES string of the molecule is Nc1nnc(Nc2c(Br)cc(Br)cc2Br)o1. The Kier molecular flexibility index (Phi) is 3.50. The molecule has 0 saturated heterocycles. The molecule has 0 bridgehead atoms. The molecule has 0 aliphatic carbocycles. The summed E-state index contributed by atoms with van der Waals surface area (Å²) in [7, 11) is 0. The van der Waals surface area contributed by atoms with Gasteiger partial charge in [-0.2, -0.15) is 0 Å². The van der Waals surface area contributed by atoms with E-state index in [9.17, 15) is 0 Å². The van der Waals surface area contributed by atoms with Gasteiger partial charge >= 0.3 is 12.0 Å². The fraction of sp³-hybridized carbons (Fsp3) is 0. The number of nitrogen functional groups attached to an aromatic ring is 1. The van der Waals surface area contributed by atoms with Gasteiger partial charge in [-0.25, -0.2) is 0 Å². The van der Waals surface area contributed by atoms with Crippen LogP contribution >= 0.6 is 47.8 Å². The second-order valence-corrected chi connectivity index (χ2v) is 5.44. The molecule has 1 aromatic carbocycles. The summed E-state index contributed by atoms with van der Waals surface area (Å²) in [5.41, 5.74) is 6.11. The summed E-state index contributed by atoms with van der Waals surface area (Å²) in [6, 6.07) is 4.05. The van der Waals surface area contributed by atoms with E-state index >= 15 is 0 Å². The van der Waals surface area contributed by atoms with Crippen molar-refractivity contribution in [2.75, 3.05) is 11.1 Å². The van der Waals surface area contributed by atoms with Crippen molar-refractivity contribution in [1.82, 2.24) is 10.2 Å². The predicted octanol–water partition coefficient (Wildman–Crippen LogP) is 3.68. The zero-order valence-electron chi connectivity index (χ0n) is 7.67. The highest BCUT2D eigenvalue weighted by Gasteiger charge is 2.10. The smallest absolute Gasteiger partial charge is 0.321 e. The third-order valence-electron chi connectivity index (χ3n) is 1.68. The van der Waals surface area contributed by atoms with Crippen LogP contribution in [0.5, 0.6) is 0 Å². The number of aromatic nitrogens is 2. The van der Waals surface area contributed by atoms with Gasteiger partial charge in [0.15, 0.2) is 0 Å². The predicted molar refractivity (Wildman–Crippen MR) is 71.5 cm³/mol. The molecule has 16 heavy (non-hydrogen) atoms. The van der Waals surface area contributed by atoms with E-state index in [0.717, 1.165) is 19.1 Å². The Hall–Kier alpha value is -0.600. The molecule has 1 heterocycles. The van der Waals surface area contributed by atoms with Crippen LogP contribution in [0.4, 0.5) is 17.7 Å². The average molecular weight is 413 g/mol. The van der Waals surface area contributed by atoms with E-state index in [1.807, 2.05) is 12.1 Å². The Balaban J connectivity index is 2.34. The van der Waals surface area contributed by atoms with E-state index < -0.39 is 0 Å². The Labute approximate surface area is 116 Å². The highest BCUT2D eigenvalue weighted by atomic mass is 79.9. The van der Waals surface area contributed by atoms with Crippen LogP contribution in [0, 0.1) is 0 Å². The topological polar surface area (TPSA) is 77.0 Å². The normalized spacial score (nSPS) is 10.4. The van der Waals surface area contributed by atoms with E-state index in [1.54, 1.807) is 0 Å². The number of rotatable bonds is 2. The minimum absolute atomic E-state index is 0.0202. The molecule has 0 atom stereocenters. The molecule has 0 aliphatic heterocycles. The molecule has 2 rings (SSSR count). The number of halogens is 3. The molecule has 0 unspecified atom stereocenters. The lowest BCUT2D eigenvalue weighted by Gasteiger charge is -2.07. The minimum Gasteiger partial charge on any atom is -0.389 e. The van der Waals surface area contributed by atoms with E-state index in [0.29, 0.717) is 0 Å². The average Bonchev–Trinajstić information content (AvgIpc) is 2.58. The first-order valence-electron chi connectivity index (χ1n) is 4.07. The van der Waals surface area contributed by atoms with Crippen LogP contribution in [-0.2, 0) is 0 Å². The van der Waals surface area contributed by atoms with Crippen molar-refractivity contribution in [3.63, 3.8) is 0 Å². The molecule has 0 fully saturated rings. The van der Waals surface area contributed by atoms with Crippen LogP contribution in [0.25, 0.3) is 0 Å². The van der Waals surface area contributed by atoms with Crippen molar-refractivity contribution in [3.8, 4) is 0 Å². The Morgan fingerprint density at radius 2 is 1.75 bits per heavy atom. The molecule has 0 spiro atoms. The Morgan fingerprint density at radius 3 is 2.25 bits per heavy atom. The lowest BCUT2D eigenvalue weighted by molar-refractivity contribution is 0.593. The molecular formula is C8H5Br3N4O. The highest BCUT2D eigenvalue weighted by molar-refractivity contribution is 9.11. The lowest BCUT2D eigenvalue weighted by Crippen LogP contribution is -1.93.